The van der Waals surface area contributed by atoms with E-state index in [1.807, 2.05) is 18.2 Å². The fraction of sp³-hybridized carbons (Fsp3) is 0.333. The molecule has 1 aromatic heterocycles. The average Bonchev–Trinajstić information content (AvgIpc) is 3.36. The molecule has 170 valence electrons. The van der Waals surface area contributed by atoms with Gasteiger partial charge in [-0.1, -0.05) is 12.1 Å². The highest BCUT2D eigenvalue weighted by Crippen LogP contribution is 2.38. The Morgan fingerprint density at radius 1 is 1.15 bits per heavy atom. The maximum Gasteiger partial charge on any atom is 0.248 e. The Bertz CT molecular complexity index is 1170. The van der Waals surface area contributed by atoms with Gasteiger partial charge in [-0.15, -0.1) is 0 Å². The van der Waals surface area contributed by atoms with Gasteiger partial charge in [0.15, 0.2) is 0 Å². The molecule has 1 saturated heterocycles. The van der Waals surface area contributed by atoms with E-state index in [2.05, 4.69) is 17.1 Å². The molecule has 1 fully saturated rings. The van der Waals surface area contributed by atoms with Crippen LogP contribution in [0.2, 0.25) is 0 Å². The Balaban J connectivity index is 1.38. The van der Waals surface area contributed by atoms with Crippen molar-refractivity contribution in [2.45, 2.75) is 44.1 Å². The summed E-state index contributed by atoms with van der Waals surface area (Å²) in [5.41, 5.74) is 11.2. The summed E-state index contributed by atoms with van der Waals surface area (Å²) in [7, 11) is 0. The molecule has 6 heteroatoms. The highest BCUT2D eigenvalue weighted by Gasteiger charge is 2.25. The SMILES string of the molecule is NC(=O)c1ccc(OC[C@@H]2CCCO2)cc1[C@H]1CCc2cc(-c3ncccc3O)ccc2C1. The average molecular weight is 445 g/mol. The number of nitrogens with zero attached hydrogens (tertiary/aromatic N) is 1. The normalized spacial score (nSPS) is 19.8. The first-order valence-corrected chi connectivity index (χ1v) is 11.5. The van der Waals surface area contributed by atoms with E-state index >= 15 is 0 Å². The van der Waals surface area contributed by atoms with Crippen LogP contribution in [0.15, 0.2) is 54.7 Å². The zero-order valence-corrected chi connectivity index (χ0v) is 18.5. The number of primary amides is 1. The predicted molar refractivity (Wildman–Crippen MR) is 126 cm³/mol. The number of carbonyl (C=O) groups is 1. The van der Waals surface area contributed by atoms with Gasteiger partial charge in [-0.3, -0.25) is 9.78 Å². The minimum Gasteiger partial charge on any atom is -0.506 e. The third-order valence-corrected chi connectivity index (χ3v) is 6.68. The number of aromatic nitrogens is 1. The maximum absolute atomic E-state index is 12.2. The summed E-state index contributed by atoms with van der Waals surface area (Å²) < 4.78 is 11.6. The van der Waals surface area contributed by atoms with E-state index in [9.17, 15) is 9.90 Å². The zero-order valence-electron chi connectivity index (χ0n) is 18.5. The van der Waals surface area contributed by atoms with E-state index in [1.165, 1.54) is 11.1 Å². The first-order chi connectivity index (χ1) is 16.1. The second kappa shape index (κ2) is 9.24. The number of fused-ring (bicyclic) bond motifs is 1. The quantitative estimate of drug-likeness (QED) is 0.588. The summed E-state index contributed by atoms with van der Waals surface area (Å²) in [5.74, 6) is 0.692. The van der Waals surface area contributed by atoms with Crippen molar-refractivity contribution < 1.29 is 19.4 Å². The van der Waals surface area contributed by atoms with E-state index in [0.29, 0.717) is 17.9 Å². The molecule has 3 N–H and O–H groups in total. The molecule has 2 aliphatic rings. The molecular formula is C27H28N2O4. The number of carbonyl (C=O) groups excluding carboxylic acids is 1. The zero-order chi connectivity index (χ0) is 22.8. The lowest BCUT2D eigenvalue weighted by molar-refractivity contribution is 0.0679. The third kappa shape index (κ3) is 4.57. The van der Waals surface area contributed by atoms with Crippen molar-refractivity contribution >= 4 is 5.91 Å². The smallest absolute Gasteiger partial charge is 0.248 e. The Kier molecular flexibility index (Phi) is 6.01. The number of aromatic hydroxyl groups is 1. The summed E-state index contributed by atoms with van der Waals surface area (Å²) in [6.07, 6.45) is 6.51. The molecule has 0 bridgehead atoms. The lowest BCUT2D eigenvalue weighted by atomic mass is 9.78. The predicted octanol–water partition coefficient (Wildman–Crippen LogP) is 4.38. The van der Waals surface area contributed by atoms with Crippen LogP contribution in [0.4, 0.5) is 0 Å². The number of benzene rings is 2. The lowest BCUT2D eigenvalue weighted by Crippen LogP contribution is -2.20. The van der Waals surface area contributed by atoms with Crippen LogP contribution in [-0.4, -0.2) is 35.3 Å². The van der Waals surface area contributed by atoms with Gasteiger partial charge in [0.1, 0.15) is 23.8 Å². The van der Waals surface area contributed by atoms with Gasteiger partial charge in [0.05, 0.1) is 6.10 Å². The summed E-state index contributed by atoms with van der Waals surface area (Å²) in [6.45, 7) is 1.31. The minimum absolute atomic E-state index is 0.138. The van der Waals surface area contributed by atoms with Crippen molar-refractivity contribution in [3.8, 4) is 22.8 Å². The molecule has 6 nitrogen and oxygen atoms in total. The molecule has 1 amide bonds. The van der Waals surface area contributed by atoms with Gasteiger partial charge in [0, 0.05) is 23.9 Å². The lowest BCUT2D eigenvalue weighted by Gasteiger charge is -2.27. The Morgan fingerprint density at radius 3 is 2.85 bits per heavy atom. The molecule has 0 radical (unpaired) electrons. The van der Waals surface area contributed by atoms with Crippen molar-refractivity contribution in [3.63, 3.8) is 0 Å². The first kappa shape index (κ1) is 21.5. The molecular weight excluding hydrogens is 416 g/mol. The van der Waals surface area contributed by atoms with Gasteiger partial charge in [0.2, 0.25) is 5.91 Å². The van der Waals surface area contributed by atoms with Gasteiger partial charge in [-0.2, -0.15) is 0 Å². The van der Waals surface area contributed by atoms with E-state index in [-0.39, 0.29) is 17.8 Å². The van der Waals surface area contributed by atoms with Gasteiger partial charge >= 0.3 is 0 Å². The minimum atomic E-state index is -0.414. The van der Waals surface area contributed by atoms with Crippen LogP contribution in [0.1, 0.15) is 52.2 Å². The Labute approximate surface area is 193 Å². The monoisotopic (exact) mass is 444 g/mol. The topological polar surface area (TPSA) is 94.7 Å². The molecule has 2 heterocycles. The van der Waals surface area contributed by atoms with Crippen molar-refractivity contribution in [2.75, 3.05) is 13.2 Å². The Hall–Kier alpha value is -3.38. The highest BCUT2D eigenvalue weighted by atomic mass is 16.5. The van der Waals surface area contributed by atoms with Crippen molar-refractivity contribution in [3.05, 3.63) is 77.0 Å². The molecule has 33 heavy (non-hydrogen) atoms. The van der Waals surface area contributed by atoms with Crippen molar-refractivity contribution in [1.82, 2.24) is 4.98 Å². The number of hydrogen-bond acceptors (Lipinski definition) is 5. The van der Waals surface area contributed by atoms with Crippen LogP contribution in [0.5, 0.6) is 11.5 Å². The molecule has 2 aromatic carbocycles. The molecule has 5 rings (SSSR count). The second-order valence-corrected chi connectivity index (χ2v) is 8.85. The van der Waals surface area contributed by atoms with E-state index in [1.54, 1.807) is 24.4 Å². The summed E-state index contributed by atoms with van der Waals surface area (Å²) in [6, 6.07) is 15.2. The first-order valence-electron chi connectivity index (χ1n) is 11.5. The summed E-state index contributed by atoms with van der Waals surface area (Å²) >= 11 is 0. The van der Waals surface area contributed by atoms with Crippen LogP contribution in [0, 0.1) is 0 Å². The summed E-state index contributed by atoms with van der Waals surface area (Å²) in [4.78, 5) is 16.5. The number of nitrogens with two attached hydrogens (primary N) is 1. The second-order valence-electron chi connectivity index (χ2n) is 8.85. The number of amides is 1. The Morgan fingerprint density at radius 2 is 2.06 bits per heavy atom. The molecule has 1 aliphatic heterocycles. The van der Waals surface area contributed by atoms with Crippen molar-refractivity contribution in [1.29, 1.82) is 0 Å². The number of hydrogen-bond donors (Lipinski definition) is 2. The molecule has 0 unspecified atom stereocenters. The van der Waals surface area contributed by atoms with Crippen molar-refractivity contribution in [2.24, 2.45) is 5.73 Å². The van der Waals surface area contributed by atoms with E-state index in [4.69, 9.17) is 15.2 Å². The van der Waals surface area contributed by atoms with Crippen LogP contribution in [0.3, 0.4) is 0 Å². The van der Waals surface area contributed by atoms with Gasteiger partial charge < -0.3 is 20.3 Å². The van der Waals surface area contributed by atoms with Crippen LogP contribution < -0.4 is 10.5 Å². The fourth-order valence-electron chi connectivity index (χ4n) is 4.94. The molecule has 0 saturated carbocycles. The fourth-order valence-corrected chi connectivity index (χ4v) is 4.94. The van der Waals surface area contributed by atoms with Gasteiger partial charge in [0.25, 0.3) is 0 Å². The molecule has 1 aliphatic carbocycles. The largest absolute Gasteiger partial charge is 0.506 e. The van der Waals surface area contributed by atoms with Gasteiger partial charge in [-0.25, -0.2) is 0 Å². The number of aryl methyl sites for hydroxylation is 1. The van der Waals surface area contributed by atoms with E-state index in [0.717, 1.165) is 55.6 Å². The van der Waals surface area contributed by atoms with Gasteiger partial charge in [-0.05, 0) is 91.1 Å². The number of pyridine rings is 1. The van der Waals surface area contributed by atoms with Crippen LogP contribution >= 0.6 is 0 Å². The maximum atomic E-state index is 12.2. The van der Waals surface area contributed by atoms with Crippen LogP contribution in [-0.2, 0) is 17.6 Å². The van der Waals surface area contributed by atoms with E-state index < -0.39 is 5.91 Å². The number of ether oxygens (including phenoxy) is 2. The molecule has 0 spiro atoms. The third-order valence-electron chi connectivity index (χ3n) is 6.68. The van der Waals surface area contributed by atoms with Crippen LogP contribution in [0.25, 0.3) is 11.3 Å². The summed E-state index contributed by atoms with van der Waals surface area (Å²) in [5, 5.41) is 10.2. The molecule has 3 aromatic rings. The molecule has 2 atom stereocenters. The standard InChI is InChI=1S/C27H28N2O4/c28-27(31)23-10-9-21(33-16-22-3-2-12-32-22)15-24(23)19-7-5-18-14-20(8-6-17(18)13-19)26-25(30)4-1-11-29-26/h1,4,6,8-11,14-15,19,22,30H,2-3,5,7,12-13,16H2,(H2,28,31)/t19-,22-/m0/s1. The number of rotatable bonds is 6. The highest BCUT2D eigenvalue weighted by molar-refractivity contribution is 5.94.